The number of carbonyl (C=O) groups is 2. The van der Waals surface area contributed by atoms with Crippen LogP contribution in [0.2, 0.25) is 0 Å². The van der Waals surface area contributed by atoms with Crippen molar-refractivity contribution in [1.82, 2.24) is 4.90 Å². The molecular weight excluding hydrogens is 154 g/mol. The molecule has 70 valence electrons. The summed E-state index contributed by atoms with van der Waals surface area (Å²) in [7, 11) is 1.78. The zero-order valence-corrected chi connectivity index (χ0v) is 8.47. The molecule has 0 unspecified atom stereocenters. The third kappa shape index (κ3) is 2.74. The van der Waals surface area contributed by atoms with Crippen LogP contribution in [0.1, 0.15) is 27.7 Å². The Kier molecular flexibility index (Phi) is 3.58. The van der Waals surface area contributed by atoms with Gasteiger partial charge in [0, 0.05) is 0 Å². The second-order valence-electron chi connectivity index (χ2n) is 3.67. The van der Waals surface area contributed by atoms with Gasteiger partial charge in [-0.3, -0.25) is 14.5 Å². The molecule has 0 aliphatic carbocycles. The Labute approximate surface area is 73.7 Å². The van der Waals surface area contributed by atoms with E-state index in [9.17, 15) is 9.59 Å². The van der Waals surface area contributed by atoms with Crippen LogP contribution in [-0.4, -0.2) is 35.6 Å². The molecule has 0 rings (SSSR count). The molecule has 3 heteroatoms. The minimum absolute atomic E-state index is 0.0752. The topological polar surface area (TPSA) is 37.4 Å². The van der Waals surface area contributed by atoms with Gasteiger partial charge in [-0.2, -0.15) is 0 Å². The molecule has 0 atom stereocenters. The fourth-order valence-corrected chi connectivity index (χ4v) is 0.800. The first-order valence-electron chi connectivity index (χ1n) is 4.00. The minimum atomic E-state index is -0.536. The van der Waals surface area contributed by atoms with Crippen LogP contribution >= 0.6 is 0 Å². The Balaban J connectivity index is 4.35. The lowest BCUT2D eigenvalue weighted by Gasteiger charge is -2.32. The van der Waals surface area contributed by atoms with Gasteiger partial charge in [0.1, 0.15) is 11.6 Å². The molecule has 0 aliphatic rings. The van der Waals surface area contributed by atoms with E-state index in [1.807, 2.05) is 13.8 Å². The lowest BCUT2D eigenvalue weighted by atomic mass is 9.98. The second-order valence-corrected chi connectivity index (χ2v) is 3.67. The Morgan fingerprint density at radius 1 is 1.25 bits per heavy atom. The fraction of sp³-hybridized carbons (Fsp3) is 0.778. The largest absolute Gasteiger partial charge is 0.299 e. The standard InChI is InChI=1S/C9H17NO2/c1-7(11)6-10(5)9(3,4)8(2)12/h6H2,1-5H3. The molecule has 0 aliphatic heterocycles. The average Bonchev–Trinajstić information content (AvgIpc) is 1.85. The van der Waals surface area contributed by atoms with E-state index in [-0.39, 0.29) is 11.6 Å². The molecule has 0 N–H and O–H groups in total. The number of carbonyl (C=O) groups excluding carboxylic acids is 2. The van der Waals surface area contributed by atoms with Crippen LogP contribution in [0, 0.1) is 0 Å². The van der Waals surface area contributed by atoms with Gasteiger partial charge >= 0.3 is 0 Å². The number of ketones is 2. The van der Waals surface area contributed by atoms with Crippen LogP contribution in [0.5, 0.6) is 0 Å². The predicted molar refractivity (Wildman–Crippen MR) is 48.1 cm³/mol. The summed E-state index contributed by atoms with van der Waals surface area (Å²) < 4.78 is 0. The van der Waals surface area contributed by atoms with E-state index in [1.54, 1.807) is 11.9 Å². The van der Waals surface area contributed by atoms with E-state index in [1.165, 1.54) is 13.8 Å². The molecule has 0 fully saturated rings. The van der Waals surface area contributed by atoms with Gasteiger partial charge in [-0.15, -0.1) is 0 Å². The van der Waals surface area contributed by atoms with Crippen molar-refractivity contribution in [3.63, 3.8) is 0 Å². The normalized spacial score (nSPS) is 11.8. The van der Waals surface area contributed by atoms with E-state index >= 15 is 0 Å². The Morgan fingerprint density at radius 2 is 1.67 bits per heavy atom. The summed E-state index contributed by atoms with van der Waals surface area (Å²) in [6.45, 7) is 7.02. The van der Waals surface area contributed by atoms with Crippen molar-refractivity contribution in [2.45, 2.75) is 33.2 Å². The molecule has 0 saturated heterocycles. The number of Topliss-reactive ketones (excluding diaryl/α,β-unsaturated/α-hetero) is 2. The van der Waals surface area contributed by atoms with Crippen molar-refractivity contribution in [1.29, 1.82) is 0 Å². The zero-order chi connectivity index (χ0) is 9.94. The fourth-order valence-electron chi connectivity index (χ4n) is 0.800. The van der Waals surface area contributed by atoms with Crippen molar-refractivity contribution in [3.05, 3.63) is 0 Å². The molecule has 3 nitrogen and oxygen atoms in total. The summed E-state index contributed by atoms with van der Waals surface area (Å²) in [6, 6.07) is 0. The number of likely N-dealkylation sites (N-methyl/N-ethyl adjacent to an activating group) is 1. The van der Waals surface area contributed by atoms with E-state index in [4.69, 9.17) is 0 Å². The monoisotopic (exact) mass is 171 g/mol. The van der Waals surface area contributed by atoms with Gasteiger partial charge < -0.3 is 0 Å². The van der Waals surface area contributed by atoms with E-state index in [0.29, 0.717) is 6.54 Å². The molecule has 0 spiro atoms. The molecule has 0 aromatic rings. The molecule has 0 bridgehead atoms. The highest BCUT2D eigenvalue weighted by Crippen LogP contribution is 2.12. The summed E-state index contributed by atoms with van der Waals surface area (Å²) in [5, 5.41) is 0. The lowest BCUT2D eigenvalue weighted by molar-refractivity contribution is -0.128. The summed E-state index contributed by atoms with van der Waals surface area (Å²) >= 11 is 0. The molecule has 0 radical (unpaired) electrons. The highest BCUT2D eigenvalue weighted by Gasteiger charge is 2.28. The van der Waals surface area contributed by atoms with Gasteiger partial charge in [-0.1, -0.05) is 0 Å². The summed E-state index contributed by atoms with van der Waals surface area (Å²) in [4.78, 5) is 23.7. The van der Waals surface area contributed by atoms with Crippen molar-refractivity contribution < 1.29 is 9.59 Å². The number of hydrogen-bond acceptors (Lipinski definition) is 3. The van der Waals surface area contributed by atoms with Gasteiger partial charge in [0.05, 0.1) is 12.1 Å². The molecule has 0 aromatic heterocycles. The van der Waals surface area contributed by atoms with Crippen molar-refractivity contribution in [2.24, 2.45) is 0 Å². The lowest BCUT2D eigenvalue weighted by Crippen LogP contribution is -2.48. The highest BCUT2D eigenvalue weighted by molar-refractivity contribution is 5.86. The Hall–Kier alpha value is -0.700. The van der Waals surface area contributed by atoms with E-state index < -0.39 is 5.54 Å². The van der Waals surface area contributed by atoms with E-state index in [0.717, 1.165) is 0 Å². The quantitative estimate of drug-likeness (QED) is 0.630. The molecule has 12 heavy (non-hydrogen) atoms. The average molecular weight is 171 g/mol. The van der Waals surface area contributed by atoms with E-state index in [2.05, 4.69) is 0 Å². The number of rotatable bonds is 4. The molecule has 0 aromatic carbocycles. The van der Waals surface area contributed by atoms with Gasteiger partial charge in [-0.25, -0.2) is 0 Å². The summed E-state index contributed by atoms with van der Waals surface area (Å²) in [5.74, 6) is 0.151. The summed E-state index contributed by atoms with van der Waals surface area (Å²) in [5.41, 5.74) is -0.536. The SMILES string of the molecule is CC(=O)CN(C)C(C)(C)C(C)=O. The van der Waals surface area contributed by atoms with Gasteiger partial charge in [0.15, 0.2) is 0 Å². The third-order valence-corrected chi connectivity index (χ3v) is 2.28. The van der Waals surface area contributed by atoms with Crippen LogP contribution in [0.4, 0.5) is 0 Å². The Bertz CT molecular complexity index is 197. The highest BCUT2D eigenvalue weighted by atomic mass is 16.1. The van der Waals surface area contributed by atoms with Crippen molar-refractivity contribution >= 4 is 11.6 Å². The van der Waals surface area contributed by atoms with Gasteiger partial charge in [0.25, 0.3) is 0 Å². The maximum atomic E-state index is 11.1. The zero-order valence-electron chi connectivity index (χ0n) is 8.47. The predicted octanol–water partition coefficient (Wildman–Crippen LogP) is 0.875. The van der Waals surface area contributed by atoms with Crippen LogP contribution < -0.4 is 0 Å². The van der Waals surface area contributed by atoms with Crippen LogP contribution in [-0.2, 0) is 9.59 Å². The Morgan fingerprint density at radius 3 is 1.92 bits per heavy atom. The van der Waals surface area contributed by atoms with Crippen molar-refractivity contribution in [2.75, 3.05) is 13.6 Å². The van der Waals surface area contributed by atoms with Crippen LogP contribution in [0.25, 0.3) is 0 Å². The van der Waals surface area contributed by atoms with Crippen LogP contribution in [0.3, 0.4) is 0 Å². The third-order valence-electron chi connectivity index (χ3n) is 2.28. The maximum Gasteiger partial charge on any atom is 0.149 e. The smallest absolute Gasteiger partial charge is 0.149 e. The molecule has 0 heterocycles. The van der Waals surface area contributed by atoms with Gasteiger partial charge in [0.2, 0.25) is 0 Å². The number of hydrogen-bond donors (Lipinski definition) is 0. The minimum Gasteiger partial charge on any atom is -0.299 e. The summed E-state index contributed by atoms with van der Waals surface area (Å²) in [6.07, 6.45) is 0. The molecular formula is C9H17NO2. The second kappa shape index (κ2) is 3.81. The first kappa shape index (κ1) is 11.3. The molecule has 0 amide bonds. The van der Waals surface area contributed by atoms with Crippen molar-refractivity contribution in [3.8, 4) is 0 Å². The van der Waals surface area contributed by atoms with Crippen LogP contribution in [0.15, 0.2) is 0 Å². The first-order chi connectivity index (χ1) is 5.28. The first-order valence-corrected chi connectivity index (χ1v) is 4.00. The van der Waals surface area contributed by atoms with Gasteiger partial charge in [-0.05, 0) is 34.7 Å². The molecule has 0 saturated carbocycles. The maximum absolute atomic E-state index is 11.1. The number of nitrogens with zero attached hydrogens (tertiary/aromatic N) is 1.